The van der Waals surface area contributed by atoms with Gasteiger partial charge in [0.15, 0.2) is 0 Å². The summed E-state index contributed by atoms with van der Waals surface area (Å²) in [5, 5.41) is 0. The van der Waals surface area contributed by atoms with Gasteiger partial charge in [0.25, 0.3) is 0 Å². The fourth-order valence-corrected chi connectivity index (χ4v) is 8.45. The Hall–Kier alpha value is -0.590. The average Bonchev–Trinajstić information content (AvgIpc) is 3.00. The standard InChI is InChI=1S/C26H42O/c1-6-22-21(10-9-19-16-18(2)11-14-25(19,22)5)23-8-7-13-26(24(23,3)4)15-12-20(27)17-26/h9,18,21-23H,6-8,10-17H2,1-5H3/t18-,21+,22?,23?,25-,26-/m0/s1. The van der Waals surface area contributed by atoms with Crippen LogP contribution in [0.5, 0.6) is 0 Å². The molecule has 0 amide bonds. The Bertz CT molecular complexity index is 628. The first-order valence-electron chi connectivity index (χ1n) is 11.9. The Morgan fingerprint density at radius 1 is 1.11 bits per heavy atom. The highest BCUT2D eigenvalue weighted by molar-refractivity contribution is 5.81. The molecule has 0 saturated heterocycles. The zero-order valence-corrected chi connectivity index (χ0v) is 18.6. The second kappa shape index (κ2) is 6.74. The highest BCUT2D eigenvalue weighted by Gasteiger charge is 2.58. The molecule has 152 valence electrons. The van der Waals surface area contributed by atoms with Crippen LogP contribution in [0.4, 0.5) is 0 Å². The van der Waals surface area contributed by atoms with Crippen molar-refractivity contribution in [3.63, 3.8) is 0 Å². The number of carbonyl (C=O) groups is 1. The summed E-state index contributed by atoms with van der Waals surface area (Å²) in [5.74, 6) is 3.85. The lowest BCUT2D eigenvalue weighted by Gasteiger charge is -2.59. The van der Waals surface area contributed by atoms with Gasteiger partial charge in [-0.15, -0.1) is 0 Å². The Labute approximate surface area is 167 Å². The van der Waals surface area contributed by atoms with Gasteiger partial charge in [0.2, 0.25) is 0 Å². The molecule has 4 aliphatic rings. The van der Waals surface area contributed by atoms with E-state index in [-0.39, 0.29) is 0 Å². The van der Waals surface area contributed by atoms with Gasteiger partial charge in [-0.25, -0.2) is 0 Å². The van der Waals surface area contributed by atoms with Crippen LogP contribution >= 0.6 is 0 Å². The van der Waals surface area contributed by atoms with Crippen molar-refractivity contribution < 1.29 is 4.79 Å². The van der Waals surface area contributed by atoms with Crippen LogP contribution in [0.25, 0.3) is 0 Å². The number of allylic oxidation sites excluding steroid dienone is 2. The molecule has 0 radical (unpaired) electrons. The molecule has 3 fully saturated rings. The average molecular weight is 371 g/mol. The van der Waals surface area contributed by atoms with E-state index in [0.29, 0.717) is 22.0 Å². The predicted molar refractivity (Wildman–Crippen MR) is 114 cm³/mol. The molecule has 0 N–H and O–H groups in total. The first-order valence-corrected chi connectivity index (χ1v) is 11.9. The van der Waals surface area contributed by atoms with Crippen LogP contribution in [0.15, 0.2) is 11.6 Å². The van der Waals surface area contributed by atoms with E-state index in [2.05, 4.69) is 40.7 Å². The molecule has 1 nitrogen and oxygen atoms in total. The molecule has 1 spiro atoms. The highest BCUT2D eigenvalue weighted by Crippen LogP contribution is 2.66. The molecule has 0 aromatic heterocycles. The van der Waals surface area contributed by atoms with Gasteiger partial charge in [-0.1, -0.05) is 59.1 Å². The van der Waals surface area contributed by atoms with E-state index in [0.717, 1.165) is 42.9 Å². The molecule has 0 heterocycles. The van der Waals surface area contributed by atoms with Gasteiger partial charge < -0.3 is 0 Å². The lowest BCUT2D eigenvalue weighted by Crippen LogP contribution is -2.52. The first-order chi connectivity index (χ1) is 12.7. The minimum atomic E-state index is 0.303. The van der Waals surface area contributed by atoms with Gasteiger partial charge in [-0.3, -0.25) is 4.79 Å². The summed E-state index contributed by atoms with van der Waals surface area (Å²) in [6.45, 7) is 12.6. The number of hydrogen-bond acceptors (Lipinski definition) is 1. The third kappa shape index (κ3) is 2.89. The van der Waals surface area contributed by atoms with Gasteiger partial charge in [0.05, 0.1) is 0 Å². The molecule has 4 rings (SSSR count). The van der Waals surface area contributed by atoms with E-state index in [1.807, 2.05) is 0 Å². The summed E-state index contributed by atoms with van der Waals surface area (Å²) in [6.07, 6.45) is 16.4. The predicted octanol–water partition coefficient (Wildman–Crippen LogP) is 7.35. The van der Waals surface area contributed by atoms with E-state index >= 15 is 0 Å². The maximum Gasteiger partial charge on any atom is 0.133 e. The molecular formula is C26H42O. The molecule has 0 aromatic carbocycles. The van der Waals surface area contributed by atoms with Crippen molar-refractivity contribution in [2.24, 2.45) is 39.9 Å². The van der Waals surface area contributed by atoms with Crippen LogP contribution in [-0.2, 0) is 4.79 Å². The number of hydrogen-bond donors (Lipinski definition) is 0. The molecule has 0 bridgehead atoms. The monoisotopic (exact) mass is 370 g/mol. The second-order valence-electron chi connectivity index (χ2n) is 11.6. The van der Waals surface area contributed by atoms with E-state index < -0.39 is 0 Å². The second-order valence-corrected chi connectivity index (χ2v) is 11.6. The van der Waals surface area contributed by atoms with Crippen molar-refractivity contribution in [1.29, 1.82) is 0 Å². The largest absolute Gasteiger partial charge is 0.300 e. The third-order valence-electron chi connectivity index (χ3n) is 10.3. The van der Waals surface area contributed by atoms with Gasteiger partial charge in [0.1, 0.15) is 5.78 Å². The van der Waals surface area contributed by atoms with Gasteiger partial charge >= 0.3 is 0 Å². The number of ketones is 1. The lowest BCUT2D eigenvalue weighted by molar-refractivity contribution is -0.122. The Morgan fingerprint density at radius 2 is 1.89 bits per heavy atom. The minimum absolute atomic E-state index is 0.303. The van der Waals surface area contributed by atoms with E-state index in [1.165, 1.54) is 51.4 Å². The molecule has 27 heavy (non-hydrogen) atoms. The smallest absolute Gasteiger partial charge is 0.133 e. The van der Waals surface area contributed by atoms with Gasteiger partial charge in [-0.2, -0.15) is 0 Å². The Morgan fingerprint density at radius 3 is 2.56 bits per heavy atom. The maximum absolute atomic E-state index is 12.3. The molecule has 6 atom stereocenters. The Balaban J connectivity index is 1.67. The van der Waals surface area contributed by atoms with Crippen LogP contribution in [0.2, 0.25) is 0 Å². The SMILES string of the molecule is CCC1[C@H](C2CCC[C@@]3(CCC(=O)C3)C2(C)C)CC=C2C[C@@H](C)CC[C@@]21C. The summed E-state index contributed by atoms with van der Waals surface area (Å²) < 4.78 is 0. The van der Waals surface area contributed by atoms with Crippen molar-refractivity contribution >= 4 is 5.78 Å². The number of rotatable bonds is 2. The molecular weight excluding hydrogens is 328 g/mol. The van der Waals surface area contributed by atoms with Crippen molar-refractivity contribution in [2.45, 2.75) is 105 Å². The maximum atomic E-state index is 12.3. The van der Waals surface area contributed by atoms with E-state index in [4.69, 9.17) is 0 Å². The van der Waals surface area contributed by atoms with Crippen LogP contribution in [0.3, 0.4) is 0 Å². The lowest BCUT2D eigenvalue weighted by atomic mass is 9.45. The quantitative estimate of drug-likeness (QED) is 0.464. The van der Waals surface area contributed by atoms with Gasteiger partial charge in [0, 0.05) is 12.8 Å². The van der Waals surface area contributed by atoms with Crippen molar-refractivity contribution in [3.8, 4) is 0 Å². The summed E-state index contributed by atoms with van der Waals surface area (Å²) in [5.41, 5.74) is 2.84. The number of carbonyl (C=O) groups excluding carboxylic acids is 1. The van der Waals surface area contributed by atoms with E-state index in [9.17, 15) is 4.79 Å². The summed E-state index contributed by atoms with van der Waals surface area (Å²) in [6, 6.07) is 0. The summed E-state index contributed by atoms with van der Waals surface area (Å²) in [4.78, 5) is 12.3. The normalized spacial score (nSPS) is 47.0. The molecule has 0 aromatic rings. The number of Topliss-reactive ketones (excluding diaryl/α,β-unsaturated/α-hetero) is 1. The molecule has 2 unspecified atom stereocenters. The zero-order valence-electron chi connectivity index (χ0n) is 18.6. The van der Waals surface area contributed by atoms with Crippen LogP contribution < -0.4 is 0 Å². The third-order valence-corrected chi connectivity index (χ3v) is 10.3. The van der Waals surface area contributed by atoms with Crippen LogP contribution in [0, 0.1) is 39.9 Å². The molecule has 4 aliphatic carbocycles. The van der Waals surface area contributed by atoms with Crippen molar-refractivity contribution in [1.82, 2.24) is 0 Å². The first kappa shape index (κ1) is 19.7. The summed E-state index contributed by atoms with van der Waals surface area (Å²) >= 11 is 0. The zero-order chi connectivity index (χ0) is 19.4. The molecule has 1 heteroatoms. The van der Waals surface area contributed by atoms with Crippen LogP contribution in [0.1, 0.15) is 105 Å². The fourth-order valence-electron chi connectivity index (χ4n) is 8.45. The summed E-state index contributed by atoms with van der Waals surface area (Å²) in [7, 11) is 0. The van der Waals surface area contributed by atoms with Crippen molar-refractivity contribution in [2.75, 3.05) is 0 Å². The molecule has 3 saturated carbocycles. The highest BCUT2D eigenvalue weighted by atomic mass is 16.1. The minimum Gasteiger partial charge on any atom is -0.300 e. The topological polar surface area (TPSA) is 17.1 Å². The van der Waals surface area contributed by atoms with Gasteiger partial charge in [-0.05, 0) is 84.9 Å². The molecule has 0 aliphatic heterocycles. The fraction of sp³-hybridized carbons (Fsp3) is 0.885. The number of fused-ring (bicyclic) bond motifs is 1. The Kier molecular flexibility index (Phi) is 4.92. The van der Waals surface area contributed by atoms with Crippen LogP contribution in [-0.4, -0.2) is 5.78 Å². The van der Waals surface area contributed by atoms with Crippen molar-refractivity contribution in [3.05, 3.63) is 11.6 Å². The van der Waals surface area contributed by atoms with E-state index in [1.54, 1.807) is 5.57 Å².